The molecule has 9 nitrogen and oxygen atoms in total. The zero-order valence-electron chi connectivity index (χ0n) is 10.3. The Morgan fingerprint density at radius 2 is 1.78 bits per heavy atom. The van der Waals surface area contributed by atoms with Gasteiger partial charge in [0.2, 0.25) is 5.91 Å². The van der Waals surface area contributed by atoms with E-state index < -0.39 is 36.0 Å². The summed E-state index contributed by atoms with van der Waals surface area (Å²) in [6.07, 6.45) is -1.38. The number of ether oxygens (including phenoxy) is 1. The molecule has 0 aliphatic rings. The Hall–Kier alpha value is -2.37. The fraction of sp³-hybridized carbons (Fsp3) is 0.667. The number of carbonyl (C=O) groups excluding carboxylic acids is 2. The van der Waals surface area contributed by atoms with E-state index in [1.807, 2.05) is 5.32 Å². The summed E-state index contributed by atoms with van der Waals surface area (Å²) >= 11 is 0. The zero-order chi connectivity index (χ0) is 14.9. The first-order valence-corrected chi connectivity index (χ1v) is 4.82. The van der Waals surface area contributed by atoms with Gasteiger partial charge in [0, 0.05) is 10.8 Å². The molecule has 4 N–H and O–H groups in total. The minimum absolute atomic E-state index is 0.478. The van der Waals surface area contributed by atoms with Crippen LogP contribution in [0.3, 0.4) is 0 Å². The van der Waals surface area contributed by atoms with Crippen LogP contribution in [0.1, 0.15) is 27.2 Å². The number of amides is 2. The van der Waals surface area contributed by atoms with Crippen LogP contribution >= 0.6 is 0 Å². The van der Waals surface area contributed by atoms with Crippen molar-refractivity contribution in [2.45, 2.75) is 38.8 Å². The highest BCUT2D eigenvalue weighted by atomic mass is 16.6. The monoisotopic (exact) mass is 260 g/mol. The van der Waals surface area contributed by atoms with Crippen LogP contribution in [0.4, 0.5) is 4.79 Å². The Balaban J connectivity index is 0. The number of alkyl carbamates (subject to hydrolysis) is 1. The maximum atomic E-state index is 11.2. The Morgan fingerprint density at radius 1 is 1.33 bits per heavy atom. The Kier molecular flexibility index (Phi) is 7.83. The minimum atomic E-state index is -1.37. The van der Waals surface area contributed by atoms with E-state index in [0.29, 0.717) is 0 Å². The molecule has 2 amide bonds. The van der Waals surface area contributed by atoms with Gasteiger partial charge >= 0.3 is 12.1 Å². The molecule has 0 aromatic rings. The van der Waals surface area contributed by atoms with E-state index in [2.05, 4.69) is 0 Å². The van der Waals surface area contributed by atoms with E-state index in [0.717, 1.165) is 0 Å². The molecule has 0 fully saturated rings. The van der Waals surface area contributed by atoms with Crippen molar-refractivity contribution >= 4 is 18.0 Å². The van der Waals surface area contributed by atoms with Crippen molar-refractivity contribution in [2.75, 3.05) is 0 Å². The summed E-state index contributed by atoms with van der Waals surface area (Å²) in [5.41, 5.74) is 4.10. The van der Waals surface area contributed by atoms with Gasteiger partial charge in [0.1, 0.15) is 11.6 Å². The number of nitrogens with zero attached hydrogens (tertiary/aromatic N) is 2. The minimum Gasteiger partial charge on any atom is -0.480 e. The van der Waals surface area contributed by atoms with Crippen molar-refractivity contribution in [3.8, 4) is 0 Å². The van der Waals surface area contributed by atoms with E-state index in [1.165, 1.54) is 0 Å². The van der Waals surface area contributed by atoms with Gasteiger partial charge in [0.05, 0.1) is 6.42 Å². The summed E-state index contributed by atoms with van der Waals surface area (Å²) in [5.74, 6) is -2.16. The van der Waals surface area contributed by atoms with Gasteiger partial charge in [-0.1, -0.05) is 0 Å². The van der Waals surface area contributed by atoms with Crippen LogP contribution in [0.2, 0.25) is 0 Å². The Morgan fingerprint density at radius 3 is 2.06 bits per heavy atom. The van der Waals surface area contributed by atoms with Crippen molar-refractivity contribution in [1.82, 2.24) is 5.32 Å². The summed E-state index contributed by atoms with van der Waals surface area (Å²) in [4.78, 5) is 32.4. The van der Waals surface area contributed by atoms with Crippen LogP contribution in [-0.4, -0.2) is 34.7 Å². The van der Waals surface area contributed by atoms with Crippen LogP contribution in [0.15, 0.2) is 0 Å². The molecule has 0 saturated heterocycles. The Labute approximate surface area is 104 Å². The first kappa shape index (κ1) is 18.0. The predicted octanol–water partition coefficient (Wildman–Crippen LogP) is -0.130. The summed E-state index contributed by atoms with van der Waals surface area (Å²) in [5, 5.41) is 22.7. The molecule has 9 heteroatoms. The average molecular weight is 260 g/mol. The van der Waals surface area contributed by atoms with E-state index >= 15 is 0 Å². The second-order valence-corrected chi connectivity index (χ2v) is 4.21. The van der Waals surface area contributed by atoms with Gasteiger partial charge in [-0.25, -0.2) is 9.59 Å². The van der Waals surface area contributed by atoms with Crippen LogP contribution in [0.25, 0.3) is 0 Å². The van der Waals surface area contributed by atoms with Gasteiger partial charge in [0.25, 0.3) is 0 Å². The second kappa shape index (κ2) is 7.83. The highest BCUT2D eigenvalue weighted by molar-refractivity contribution is 5.86. The highest BCUT2D eigenvalue weighted by Gasteiger charge is 2.25. The van der Waals surface area contributed by atoms with Gasteiger partial charge in [-0.2, -0.15) is 0 Å². The van der Waals surface area contributed by atoms with E-state index in [-0.39, 0.29) is 0 Å². The number of nitrogens with two attached hydrogens (primary N) is 1. The number of carboxylic acids is 1. The van der Waals surface area contributed by atoms with Crippen LogP contribution in [0.5, 0.6) is 0 Å². The van der Waals surface area contributed by atoms with Gasteiger partial charge in [0.15, 0.2) is 0 Å². The normalized spacial score (nSPS) is 11.4. The molecule has 102 valence electrons. The lowest BCUT2D eigenvalue weighted by molar-refractivity contribution is -0.141. The summed E-state index contributed by atoms with van der Waals surface area (Å²) in [6.45, 7) is 4.91. The van der Waals surface area contributed by atoms with Crippen molar-refractivity contribution in [1.29, 1.82) is 10.8 Å². The molecule has 0 radical (unpaired) electrons. The molecule has 0 bridgehead atoms. The molecule has 0 spiro atoms. The molecule has 0 unspecified atom stereocenters. The number of aliphatic carboxylic acids is 1. The topological polar surface area (TPSA) is 166 Å². The van der Waals surface area contributed by atoms with Gasteiger partial charge < -0.3 is 20.9 Å². The maximum Gasteiger partial charge on any atom is 0.408 e. The third-order valence-corrected chi connectivity index (χ3v) is 1.39. The van der Waals surface area contributed by atoms with E-state index in [4.69, 9.17) is 26.4 Å². The van der Waals surface area contributed by atoms with Gasteiger partial charge in [-0.05, 0) is 20.8 Å². The number of hydrogen-bond acceptors (Lipinski definition) is 6. The standard InChI is InChI=1S/C9H16N2O5.N2/c1-9(2,3)16-8(15)11-5(7(13)14)4-6(10)12;1-2/h5H,4H2,1-3H3,(H2,10,12)(H,11,15)(H,13,14);/t5-;/m0./s1. The lowest BCUT2D eigenvalue weighted by atomic mass is 10.2. The van der Waals surface area contributed by atoms with Crippen LogP contribution in [-0.2, 0) is 14.3 Å². The number of carboxylic acid groups (broad SMARTS) is 1. The summed E-state index contributed by atoms with van der Waals surface area (Å²) in [6, 6.07) is -1.37. The molecule has 1 atom stereocenters. The van der Waals surface area contributed by atoms with Crippen molar-refractivity contribution in [2.24, 2.45) is 5.73 Å². The molecular formula is C9H16N4O5. The lowest BCUT2D eigenvalue weighted by Gasteiger charge is -2.21. The molecule has 0 aliphatic heterocycles. The maximum absolute atomic E-state index is 11.2. The van der Waals surface area contributed by atoms with Crippen LogP contribution < -0.4 is 11.1 Å². The molecular weight excluding hydrogens is 244 g/mol. The zero-order valence-corrected chi connectivity index (χ0v) is 10.3. The second-order valence-electron chi connectivity index (χ2n) is 4.21. The average Bonchev–Trinajstić information content (AvgIpc) is 2.16. The number of carbonyl (C=O) groups is 3. The third kappa shape index (κ3) is 10.2. The van der Waals surface area contributed by atoms with Gasteiger partial charge in [-0.3, -0.25) is 4.79 Å². The smallest absolute Gasteiger partial charge is 0.408 e. The first-order chi connectivity index (χ1) is 8.11. The first-order valence-electron chi connectivity index (χ1n) is 4.82. The number of nitrogens with one attached hydrogen (secondary N) is 1. The molecule has 0 aromatic heterocycles. The molecule has 0 rings (SSSR count). The van der Waals surface area contributed by atoms with Crippen molar-refractivity contribution in [3.05, 3.63) is 0 Å². The lowest BCUT2D eigenvalue weighted by Crippen LogP contribution is -2.45. The number of rotatable bonds is 4. The van der Waals surface area contributed by atoms with Crippen molar-refractivity contribution in [3.63, 3.8) is 0 Å². The SMILES string of the molecule is CC(C)(C)OC(=O)N[C@@H](CC(N)=O)C(=O)O.N#N. The quantitative estimate of drug-likeness (QED) is 0.591. The highest BCUT2D eigenvalue weighted by Crippen LogP contribution is 2.07. The van der Waals surface area contributed by atoms with E-state index in [1.54, 1.807) is 20.8 Å². The fourth-order valence-corrected chi connectivity index (χ4v) is 0.851. The number of primary amides is 1. The van der Waals surface area contributed by atoms with Crippen molar-refractivity contribution < 1.29 is 24.2 Å². The van der Waals surface area contributed by atoms with Crippen LogP contribution in [0, 0.1) is 10.8 Å². The van der Waals surface area contributed by atoms with E-state index in [9.17, 15) is 14.4 Å². The molecule has 0 saturated carbocycles. The summed E-state index contributed by atoms with van der Waals surface area (Å²) in [7, 11) is 0. The Bertz CT molecular complexity index is 334. The molecule has 0 aromatic carbocycles. The number of hydrogen-bond donors (Lipinski definition) is 3. The van der Waals surface area contributed by atoms with Gasteiger partial charge in [-0.15, -0.1) is 0 Å². The molecule has 18 heavy (non-hydrogen) atoms. The molecule has 0 aliphatic carbocycles. The third-order valence-electron chi connectivity index (χ3n) is 1.39. The predicted molar refractivity (Wildman–Crippen MR) is 58.1 cm³/mol. The summed E-state index contributed by atoms with van der Waals surface area (Å²) < 4.78 is 4.83. The molecule has 0 heterocycles. The largest absolute Gasteiger partial charge is 0.480 e. The fourth-order valence-electron chi connectivity index (χ4n) is 0.851.